The molecule has 0 saturated carbocycles. The van der Waals surface area contributed by atoms with Crippen LogP contribution in [0.25, 0.3) is 11.0 Å². The van der Waals surface area contributed by atoms with E-state index in [9.17, 15) is 4.79 Å². The number of aromatic nitrogens is 2. The molecule has 0 spiro atoms. The SMILES string of the molecule is Cn1cc(CC(=O)NCc2ccccc2)c2cccnc21. The minimum absolute atomic E-state index is 0.0233. The molecule has 0 bridgehead atoms. The molecule has 0 atom stereocenters. The van der Waals surface area contributed by atoms with Crippen molar-refractivity contribution in [2.45, 2.75) is 13.0 Å². The lowest BCUT2D eigenvalue weighted by Gasteiger charge is -2.04. The normalized spacial score (nSPS) is 10.7. The van der Waals surface area contributed by atoms with Gasteiger partial charge in [0.25, 0.3) is 0 Å². The van der Waals surface area contributed by atoms with E-state index in [4.69, 9.17) is 0 Å². The minimum Gasteiger partial charge on any atom is -0.352 e. The number of rotatable bonds is 4. The van der Waals surface area contributed by atoms with E-state index in [1.165, 1.54) is 0 Å². The van der Waals surface area contributed by atoms with Crippen molar-refractivity contribution in [3.05, 3.63) is 66.0 Å². The number of aryl methyl sites for hydroxylation is 1. The standard InChI is InChI=1S/C17H17N3O/c1-20-12-14(15-8-5-9-18-17(15)20)10-16(21)19-11-13-6-3-2-4-7-13/h2-9,12H,10-11H2,1H3,(H,19,21). The molecule has 0 saturated heterocycles. The van der Waals surface area contributed by atoms with Crippen LogP contribution in [0.2, 0.25) is 0 Å². The zero-order valence-electron chi connectivity index (χ0n) is 11.9. The van der Waals surface area contributed by atoms with E-state index < -0.39 is 0 Å². The summed E-state index contributed by atoms with van der Waals surface area (Å²) >= 11 is 0. The summed E-state index contributed by atoms with van der Waals surface area (Å²) in [7, 11) is 1.95. The predicted molar refractivity (Wildman–Crippen MR) is 82.7 cm³/mol. The van der Waals surface area contributed by atoms with Crippen molar-refractivity contribution in [1.29, 1.82) is 0 Å². The van der Waals surface area contributed by atoms with Crippen LogP contribution in [0.1, 0.15) is 11.1 Å². The van der Waals surface area contributed by atoms with Crippen molar-refractivity contribution in [3.63, 3.8) is 0 Å². The quantitative estimate of drug-likeness (QED) is 0.797. The second kappa shape index (κ2) is 5.79. The fourth-order valence-electron chi connectivity index (χ4n) is 2.47. The van der Waals surface area contributed by atoms with Crippen LogP contribution in [0.15, 0.2) is 54.9 Å². The summed E-state index contributed by atoms with van der Waals surface area (Å²) in [5.41, 5.74) is 3.01. The first-order valence-corrected chi connectivity index (χ1v) is 6.93. The van der Waals surface area contributed by atoms with Crippen LogP contribution < -0.4 is 5.32 Å². The summed E-state index contributed by atoms with van der Waals surface area (Å²) < 4.78 is 1.95. The van der Waals surface area contributed by atoms with Gasteiger partial charge in [-0.1, -0.05) is 30.3 Å². The number of amides is 1. The average Bonchev–Trinajstić information content (AvgIpc) is 2.83. The van der Waals surface area contributed by atoms with Gasteiger partial charge >= 0.3 is 0 Å². The third-order valence-electron chi connectivity index (χ3n) is 3.50. The number of fused-ring (bicyclic) bond motifs is 1. The summed E-state index contributed by atoms with van der Waals surface area (Å²) in [6.45, 7) is 0.558. The number of carbonyl (C=O) groups is 1. The smallest absolute Gasteiger partial charge is 0.224 e. The van der Waals surface area contributed by atoms with Crippen LogP contribution in [0.3, 0.4) is 0 Å². The molecule has 0 aliphatic carbocycles. The molecule has 0 aliphatic heterocycles. The third-order valence-corrected chi connectivity index (χ3v) is 3.50. The van der Waals surface area contributed by atoms with Crippen molar-refractivity contribution in [1.82, 2.24) is 14.9 Å². The van der Waals surface area contributed by atoms with Crippen molar-refractivity contribution in [2.75, 3.05) is 0 Å². The molecular weight excluding hydrogens is 262 g/mol. The summed E-state index contributed by atoms with van der Waals surface area (Å²) in [5, 5.41) is 3.99. The highest BCUT2D eigenvalue weighted by molar-refractivity contribution is 5.87. The second-order valence-corrected chi connectivity index (χ2v) is 5.08. The molecule has 4 nitrogen and oxygen atoms in total. The van der Waals surface area contributed by atoms with E-state index >= 15 is 0 Å². The van der Waals surface area contributed by atoms with Gasteiger partial charge in [0.2, 0.25) is 5.91 Å². The molecule has 2 aromatic heterocycles. The van der Waals surface area contributed by atoms with Gasteiger partial charge in [-0.3, -0.25) is 4.79 Å². The molecule has 1 N–H and O–H groups in total. The number of nitrogens with zero attached hydrogens (tertiary/aromatic N) is 2. The minimum atomic E-state index is 0.0233. The van der Waals surface area contributed by atoms with Crippen LogP contribution in [-0.4, -0.2) is 15.5 Å². The van der Waals surface area contributed by atoms with Gasteiger partial charge in [-0.2, -0.15) is 0 Å². The first-order chi connectivity index (χ1) is 10.2. The summed E-state index contributed by atoms with van der Waals surface area (Å²) in [6, 6.07) is 13.8. The molecule has 21 heavy (non-hydrogen) atoms. The van der Waals surface area contributed by atoms with Gasteiger partial charge in [0.15, 0.2) is 0 Å². The molecule has 0 aliphatic rings. The molecule has 0 unspecified atom stereocenters. The van der Waals surface area contributed by atoms with E-state index in [-0.39, 0.29) is 5.91 Å². The Bertz CT molecular complexity index is 762. The lowest BCUT2D eigenvalue weighted by Crippen LogP contribution is -2.24. The summed E-state index contributed by atoms with van der Waals surface area (Å²) in [5.74, 6) is 0.0233. The number of hydrogen-bond acceptors (Lipinski definition) is 2. The Morgan fingerprint density at radius 2 is 2.00 bits per heavy atom. The van der Waals surface area contributed by atoms with Gasteiger partial charge in [-0.05, 0) is 23.3 Å². The Morgan fingerprint density at radius 1 is 1.19 bits per heavy atom. The number of carbonyl (C=O) groups excluding carboxylic acids is 1. The Kier molecular flexibility index (Phi) is 3.69. The maximum Gasteiger partial charge on any atom is 0.224 e. The molecule has 3 rings (SSSR count). The largest absolute Gasteiger partial charge is 0.352 e. The monoisotopic (exact) mass is 279 g/mol. The highest BCUT2D eigenvalue weighted by atomic mass is 16.1. The van der Waals surface area contributed by atoms with Crippen LogP contribution >= 0.6 is 0 Å². The highest BCUT2D eigenvalue weighted by Crippen LogP contribution is 2.18. The maximum absolute atomic E-state index is 12.1. The molecule has 2 heterocycles. The Labute approximate surface area is 123 Å². The molecule has 1 amide bonds. The van der Waals surface area contributed by atoms with Crippen LogP contribution in [0.5, 0.6) is 0 Å². The average molecular weight is 279 g/mol. The molecule has 1 aromatic carbocycles. The van der Waals surface area contributed by atoms with Gasteiger partial charge in [0.05, 0.1) is 6.42 Å². The molecule has 0 fully saturated rings. The van der Waals surface area contributed by atoms with E-state index in [0.29, 0.717) is 13.0 Å². The summed E-state index contributed by atoms with van der Waals surface area (Å²) in [4.78, 5) is 16.4. The van der Waals surface area contributed by atoms with Crippen molar-refractivity contribution in [2.24, 2.45) is 7.05 Å². The molecular formula is C17H17N3O. The molecule has 3 aromatic rings. The third kappa shape index (κ3) is 2.94. The van der Waals surface area contributed by atoms with E-state index in [1.54, 1.807) is 6.20 Å². The second-order valence-electron chi connectivity index (χ2n) is 5.08. The van der Waals surface area contributed by atoms with Crippen LogP contribution in [0.4, 0.5) is 0 Å². The van der Waals surface area contributed by atoms with E-state index in [2.05, 4.69) is 10.3 Å². The first kappa shape index (κ1) is 13.4. The number of nitrogens with one attached hydrogen (secondary N) is 1. The van der Waals surface area contributed by atoms with Crippen LogP contribution in [-0.2, 0) is 24.8 Å². The highest BCUT2D eigenvalue weighted by Gasteiger charge is 2.10. The number of pyridine rings is 1. The Hall–Kier alpha value is -2.62. The lowest BCUT2D eigenvalue weighted by atomic mass is 10.1. The zero-order chi connectivity index (χ0) is 14.7. The predicted octanol–water partition coefficient (Wildman–Crippen LogP) is 2.43. The zero-order valence-corrected chi connectivity index (χ0v) is 11.9. The number of benzene rings is 1. The van der Waals surface area contributed by atoms with Gasteiger partial charge in [0.1, 0.15) is 5.65 Å². The maximum atomic E-state index is 12.1. The first-order valence-electron chi connectivity index (χ1n) is 6.93. The van der Waals surface area contributed by atoms with E-state index in [0.717, 1.165) is 22.2 Å². The lowest BCUT2D eigenvalue weighted by molar-refractivity contribution is -0.120. The van der Waals surface area contributed by atoms with Crippen LogP contribution in [0, 0.1) is 0 Å². The fraction of sp³-hybridized carbons (Fsp3) is 0.176. The molecule has 4 heteroatoms. The van der Waals surface area contributed by atoms with Crippen molar-refractivity contribution >= 4 is 16.9 Å². The summed E-state index contributed by atoms with van der Waals surface area (Å²) in [6.07, 6.45) is 4.11. The molecule has 106 valence electrons. The van der Waals surface area contributed by atoms with Gasteiger partial charge in [0, 0.05) is 31.4 Å². The Morgan fingerprint density at radius 3 is 2.81 bits per heavy atom. The molecule has 0 radical (unpaired) electrons. The van der Waals surface area contributed by atoms with E-state index in [1.807, 2.05) is 60.3 Å². The van der Waals surface area contributed by atoms with Crippen molar-refractivity contribution in [3.8, 4) is 0 Å². The van der Waals surface area contributed by atoms with Gasteiger partial charge in [-0.25, -0.2) is 4.98 Å². The topological polar surface area (TPSA) is 46.9 Å². The Balaban J connectivity index is 1.69. The van der Waals surface area contributed by atoms with Gasteiger partial charge < -0.3 is 9.88 Å². The number of hydrogen-bond donors (Lipinski definition) is 1. The fourth-order valence-corrected chi connectivity index (χ4v) is 2.47. The van der Waals surface area contributed by atoms with Crippen molar-refractivity contribution < 1.29 is 4.79 Å². The van der Waals surface area contributed by atoms with Gasteiger partial charge in [-0.15, -0.1) is 0 Å².